The van der Waals surface area contributed by atoms with Crippen LogP contribution < -0.4 is 11.1 Å². The maximum absolute atomic E-state index is 12.0. The molecule has 1 heterocycles. The molecule has 0 unspecified atom stereocenters. The predicted octanol–water partition coefficient (Wildman–Crippen LogP) is 2.27. The zero-order valence-corrected chi connectivity index (χ0v) is 11.2. The molecule has 2 aromatic rings. The Morgan fingerprint density at radius 1 is 1.44 bits per heavy atom. The third-order valence-electron chi connectivity index (χ3n) is 2.55. The van der Waals surface area contributed by atoms with Gasteiger partial charge in [0, 0.05) is 16.8 Å². The van der Waals surface area contributed by atoms with E-state index in [9.17, 15) is 4.79 Å². The van der Waals surface area contributed by atoms with Crippen LogP contribution in [0.15, 0.2) is 24.4 Å². The van der Waals surface area contributed by atoms with Crippen LogP contribution in [0.3, 0.4) is 0 Å². The Kier molecular flexibility index (Phi) is 3.62. The minimum Gasteiger partial charge on any atom is -0.398 e. The average Bonchev–Trinajstić information content (AvgIpc) is 2.75. The second-order valence-corrected chi connectivity index (χ2v) is 5.44. The van der Waals surface area contributed by atoms with E-state index in [4.69, 9.17) is 5.73 Å². The van der Waals surface area contributed by atoms with Crippen molar-refractivity contribution in [3.05, 3.63) is 45.4 Å². The van der Waals surface area contributed by atoms with E-state index < -0.39 is 0 Å². The number of nitrogens with zero attached hydrogens (tertiary/aromatic N) is 1. The molecule has 2 rings (SSSR count). The lowest BCUT2D eigenvalue weighted by molar-refractivity contribution is 0.0952. The lowest BCUT2D eigenvalue weighted by Gasteiger charge is -2.07. The highest BCUT2D eigenvalue weighted by molar-refractivity contribution is 7.11. The molecule has 5 heteroatoms. The van der Waals surface area contributed by atoms with Gasteiger partial charge in [0.05, 0.1) is 17.1 Å². The van der Waals surface area contributed by atoms with Gasteiger partial charge in [0.2, 0.25) is 0 Å². The minimum absolute atomic E-state index is 0.151. The van der Waals surface area contributed by atoms with Gasteiger partial charge in [-0.2, -0.15) is 0 Å². The van der Waals surface area contributed by atoms with Crippen LogP contribution >= 0.6 is 11.3 Å². The molecule has 0 saturated carbocycles. The van der Waals surface area contributed by atoms with E-state index in [0.29, 0.717) is 17.8 Å². The van der Waals surface area contributed by atoms with Crippen LogP contribution in [0.4, 0.5) is 5.69 Å². The van der Waals surface area contributed by atoms with Crippen molar-refractivity contribution in [3.63, 3.8) is 0 Å². The normalized spacial score (nSPS) is 10.3. The van der Waals surface area contributed by atoms with Gasteiger partial charge in [0.1, 0.15) is 0 Å². The largest absolute Gasteiger partial charge is 0.398 e. The molecule has 1 amide bonds. The van der Waals surface area contributed by atoms with E-state index >= 15 is 0 Å². The van der Waals surface area contributed by atoms with Crippen molar-refractivity contribution in [2.24, 2.45) is 0 Å². The van der Waals surface area contributed by atoms with E-state index in [1.165, 1.54) is 0 Å². The summed E-state index contributed by atoms with van der Waals surface area (Å²) < 4.78 is 0. The molecule has 3 N–H and O–H groups in total. The van der Waals surface area contributed by atoms with Crippen molar-refractivity contribution in [2.75, 3.05) is 5.73 Å². The first kappa shape index (κ1) is 12.6. The standard InChI is InChI=1S/C13H15N3OS/c1-8-3-4-12(14)11(5-8)13(17)16-7-10-6-15-9(2)18-10/h3-6H,7,14H2,1-2H3,(H,16,17). The Bertz CT molecular complexity index is 577. The molecular weight excluding hydrogens is 246 g/mol. The summed E-state index contributed by atoms with van der Waals surface area (Å²) in [6.07, 6.45) is 1.78. The van der Waals surface area contributed by atoms with E-state index in [1.807, 2.05) is 19.9 Å². The number of nitrogen functional groups attached to an aromatic ring is 1. The van der Waals surface area contributed by atoms with E-state index in [1.54, 1.807) is 29.7 Å². The third kappa shape index (κ3) is 2.87. The number of anilines is 1. The van der Waals surface area contributed by atoms with Crippen molar-refractivity contribution in [3.8, 4) is 0 Å². The first-order valence-corrected chi connectivity index (χ1v) is 6.43. The number of nitrogens with two attached hydrogens (primary N) is 1. The summed E-state index contributed by atoms with van der Waals surface area (Å²) in [5, 5.41) is 3.84. The first-order valence-electron chi connectivity index (χ1n) is 5.62. The Balaban J connectivity index is 2.05. The molecule has 94 valence electrons. The topological polar surface area (TPSA) is 68.0 Å². The summed E-state index contributed by atoms with van der Waals surface area (Å²) in [6.45, 7) is 4.36. The van der Waals surface area contributed by atoms with Crippen LogP contribution in [0, 0.1) is 13.8 Å². The number of thiazole rings is 1. The van der Waals surface area contributed by atoms with E-state index in [0.717, 1.165) is 15.4 Å². The quantitative estimate of drug-likeness (QED) is 0.833. The van der Waals surface area contributed by atoms with Crippen LogP contribution in [0.5, 0.6) is 0 Å². The minimum atomic E-state index is -0.151. The maximum Gasteiger partial charge on any atom is 0.253 e. The van der Waals surface area contributed by atoms with Gasteiger partial charge in [0.15, 0.2) is 0 Å². The van der Waals surface area contributed by atoms with Gasteiger partial charge in [-0.15, -0.1) is 11.3 Å². The number of rotatable bonds is 3. The molecule has 0 saturated heterocycles. The van der Waals surface area contributed by atoms with Crippen LogP contribution in [0.1, 0.15) is 25.8 Å². The SMILES string of the molecule is Cc1ccc(N)c(C(=O)NCc2cnc(C)s2)c1. The van der Waals surface area contributed by atoms with E-state index in [2.05, 4.69) is 10.3 Å². The molecule has 1 aromatic heterocycles. The molecule has 0 fully saturated rings. The summed E-state index contributed by atoms with van der Waals surface area (Å²) >= 11 is 1.58. The number of carbonyl (C=O) groups excluding carboxylic acids is 1. The number of hydrogen-bond acceptors (Lipinski definition) is 4. The summed E-state index contributed by atoms with van der Waals surface area (Å²) in [5.74, 6) is -0.151. The van der Waals surface area contributed by atoms with Crippen molar-refractivity contribution < 1.29 is 4.79 Å². The number of aryl methyl sites for hydroxylation is 2. The van der Waals surface area contributed by atoms with E-state index in [-0.39, 0.29) is 5.91 Å². The van der Waals surface area contributed by atoms with Crippen molar-refractivity contribution in [2.45, 2.75) is 20.4 Å². The maximum atomic E-state index is 12.0. The molecule has 0 bridgehead atoms. The zero-order valence-electron chi connectivity index (χ0n) is 10.4. The second kappa shape index (κ2) is 5.18. The number of hydrogen-bond donors (Lipinski definition) is 2. The number of amides is 1. The van der Waals surface area contributed by atoms with Crippen molar-refractivity contribution >= 4 is 22.9 Å². The van der Waals surface area contributed by atoms with Gasteiger partial charge in [-0.25, -0.2) is 4.98 Å². The molecular formula is C13H15N3OS. The Labute approximate surface area is 110 Å². The lowest BCUT2D eigenvalue weighted by Crippen LogP contribution is -2.23. The fourth-order valence-electron chi connectivity index (χ4n) is 1.62. The highest BCUT2D eigenvalue weighted by atomic mass is 32.1. The van der Waals surface area contributed by atoms with Gasteiger partial charge in [-0.1, -0.05) is 11.6 Å². The predicted molar refractivity (Wildman–Crippen MR) is 73.6 cm³/mol. The fourth-order valence-corrected chi connectivity index (χ4v) is 2.35. The molecule has 4 nitrogen and oxygen atoms in total. The molecule has 1 aromatic carbocycles. The van der Waals surface area contributed by atoms with Crippen LogP contribution in [-0.2, 0) is 6.54 Å². The second-order valence-electron chi connectivity index (χ2n) is 4.12. The third-order valence-corrected chi connectivity index (χ3v) is 3.46. The number of nitrogens with one attached hydrogen (secondary N) is 1. The molecule has 0 atom stereocenters. The smallest absolute Gasteiger partial charge is 0.253 e. The monoisotopic (exact) mass is 261 g/mol. The van der Waals surface area contributed by atoms with Gasteiger partial charge in [-0.3, -0.25) is 4.79 Å². The van der Waals surface area contributed by atoms with Crippen LogP contribution in [0.25, 0.3) is 0 Å². The van der Waals surface area contributed by atoms with Gasteiger partial charge in [-0.05, 0) is 26.0 Å². The van der Waals surface area contributed by atoms with Gasteiger partial charge in [0.25, 0.3) is 5.91 Å². The Hall–Kier alpha value is -1.88. The molecule has 0 aliphatic heterocycles. The van der Waals surface area contributed by atoms with Crippen LogP contribution in [0.2, 0.25) is 0 Å². The van der Waals surface area contributed by atoms with Crippen molar-refractivity contribution in [1.82, 2.24) is 10.3 Å². The molecule has 18 heavy (non-hydrogen) atoms. The Morgan fingerprint density at radius 2 is 2.22 bits per heavy atom. The summed E-state index contributed by atoms with van der Waals surface area (Å²) in [5.41, 5.74) is 7.83. The first-order chi connectivity index (χ1) is 8.56. The summed E-state index contributed by atoms with van der Waals surface area (Å²) in [6, 6.07) is 5.43. The summed E-state index contributed by atoms with van der Waals surface area (Å²) in [4.78, 5) is 17.2. The molecule has 0 aliphatic carbocycles. The zero-order chi connectivity index (χ0) is 13.1. The van der Waals surface area contributed by atoms with Gasteiger partial charge < -0.3 is 11.1 Å². The lowest BCUT2D eigenvalue weighted by atomic mass is 10.1. The average molecular weight is 261 g/mol. The van der Waals surface area contributed by atoms with Crippen LogP contribution in [-0.4, -0.2) is 10.9 Å². The molecule has 0 aliphatic rings. The van der Waals surface area contributed by atoms with Gasteiger partial charge >= 0.3 is 0 Å². The fraction of sp³-hybridized carbons (Fsp3) is 0.231. The number of aromatic nitrogens is 1. The highest BCUT2D eigenvalue weighted by Crippen LogP contribution is 2.15. The highest BCUT2D eigenvalue weighted by Gasteiger charge is 2.10. The number of benzene rings is 1. The molecule has 0 radical (unpaired) electrons. The Morgan fingerprint density at radius 3 is 2.89 bits per heavy atom. The van der Waals surface area contributed by atoms with Crippen molar-refractivity contribution in [1.29, 1.82) is 0 Å². The summed E-state index contributed by atoms with van der Waals surface area (Å²) in [7, 11) is 0. The number of carbonyl (C=O) groups is 1. The molecule has 0 spiro atoms.